The molecule has 1 heterocycles. The molecule has 0 saturated heterocycles. The molecule has 5 aromatic carbocycles. The van der Waals surface area contributed by atoms with Crippen molar-refractivity contribution in [2.45, 2.75) is 38.1 Å². The van der Waals surface area contributed by atoms with Crippen LogP contribution in [-0.2, 0) is 0 Å². The van der Waals surface area contributed by atoms with Crippen molar-refractivity contribution in [3.05, 3.63) is 176 Å². The largest absolute Gasteiger partial charge is 0.354 e. The first-order chi connectivity index (χ1) is 23.0. The Balaban J connectivity index is 1.26. The third kappa shape index (κ3) is 6.90. The van der Waals surface area contributed by atoms with Gasteiger partial charge in [-0.15, -0.1) is 0 Å². The number of allylic oxidation sites excluding steroid dienone is 4. The summed E-state index contributed by atoms with van der Waals surface area (Å²) in [6, 6.07) is 40.6. The fourth-order valence-corrected chi connectivity index (χ4v) is 6.73. The summed E-state index contributed by atoms with van der Waals surface area (Å²) in [6.07, 6.45) is 8.69. The van der Waals surface area contributed by atoms with Crippen molar-refractivity contribution in [2.75, 3.05) is 17.3 Å². The summed E-state index contributed by atoms with van der Waals surface area (Å²) in [5, 5.41) is 6.10. The van der Waals surface area contributed by atoms with Crippen molar-refractivity contribution in [1.29, 1.82) is 0 Å². The second kappa shape index (κ2) is 14.3. The Morgan fingerprint density at radius 2 is 1.53 bits per heavy atom. The van der Waals surface area contributed by atoms with Crippen molar-refractivity contribution < 1.29 is 0 Å². The lowest BCUT2D eigenvalue weighted by atomic mass is 9.77. The Labute approximate surface area is 280 Å². The lowest BCUT2D eigenvalue weighted by molar-refractivity contribution is 0.490. The first-order valence-corrected chi connectivity index (χ1v) is 16.4. The SMILES string of the molecule is C=CC1=NC(CC(=C)N(C)c2ccccc2Nc2ccc(-c3ccccc3)cc2)C(CCC(=C)/C=C\C)c2ccc3ccccc3c21. The van der Waals surface area contributed by atoms with Gasteiger partial charge in [0.05, 0.1) is 23.1 Å². The molecule has 0 aliphatic carbocycles. The Morgan fingerprint density at radius 1 is 0.830 bits per heavy atom. The summed E-state index contributed by atoms with van der Waals surface area (Å²) in [6.45, 7) is 15.2. The number of aliphatic imine (C=N–C) groups is 1. The zero-order chi connectivity index (χ0) is 32.8. The molecule has 5 aromatic rings. The third-order valence-corrected chi connectivity index (χ3v) is 9.21. The molecule has 3 nitrogen and oxygen atoms in total. The lowest BCUT2D eigenvalue weighted by Gasteiger charge is -2.34. The summed E-state index contributed by atoms with van der Waals surface area (Å²) in [7, 11) is 2.10. The van der Waals surface area contributed by atoms with Gasteiger partial charge < -0.3 is 10.2 Å². The predicted octanol–water partition coefficient (Wildman–Crippen LogP) is 11.6. The highest BCUT2D eigenvalue weighted by molar-refractivity contribution is 6.18. The van der Waals surface area contributed by atoms with E-state index in [0.717, 1.165) is 53.3 Å². The number of para-hydroxylation sites is 2. The Bertz CT molecular complexity index is 1960. The number of anilines is 3. The number of hydrogen-bond donors (Lipinski definition) is 1. The van der Waals surface area contributed by atoms with E-state index in [2.05, 4.69) is 158 Å². The van der Waals surface area contributed by atoms with Gasteiger partial charge >= 0.3 is 0 Å². The summed E-state index contributed by atoms with van der Waals surface area (Å²) in [5.41, 5.74) is 11.2. The van der Waals surface area contributed by atoms with E-state index in [1.54, 1.807) is 0 Å². The molecule has 0 bridgehead atoms. The quantitative estimate of drug-likeness (QED) is 0.142. The number of fused-ring (bicyclic) bond motifs is 3. The van der Waals surface area contributed by atoms with E-state index in [0.29, 0.717) is 0 Å². The number of benzene rings is 5. The maximum Gasteiger partial charge on any atom is 0.0653 e. The molecule has 3 heteroatoms. The minimum absolute atomic E-state index is 0.0238. The van der Waals surface area contributed by atoms with E-state index >= 15 is 0 Å². The summed E-state index contributed by atoms with van der Waals surface area (Å²) >= 11 is 0. The van der Waals surface area contributed by atoms with Gasteiger partial charge in [0, 0.05) is 36.3 Å². The molecule has 0 saturated carbocycles. The van der Waals surface area contributed by atoms with Crippen molar-refractivity contribution >= 4 is 33.5 Å². The number of nitrogens with one attached hydrogen (secondary N) is 1. The first kappa shape index (κ1) is 31.6. The van der Waals surface area contributed by atoms with Gasteiger partial charge in [0.2, 0.25) is 0 Å². The summed E-state index contributed by atoms with van der Waals surface area (Å²) in [5.74, 6) is 0.224. The van der Waals surface area contributed by atoms with Gasteiger partial charge in [-0.05, 0) is 77.6 Å². The number of rotatable bonds is 12. The van der Waals surface area contributed by atoms with Crippen molar-refractivity contribution in [2.24, 2.45) is 4.99 Å². The van der Waals surface area contributed by atoms with Crippen molar-refractivity contribution in [3.63, 3.8) is 0 Å². The molecule has 0 aromatic heterocycles. The second-order valence-electron chi connectivity index (χ2n) is 12.3. The highest BCUT2D eigenvalue weighted by atomic mass is 15.1. The summed E-state index contributed by atoms with van der Waals surface area (Å²) < 4.78 is 0. The number of nitrogens with zero attached hydrogens (tertiary/aromatic N) is 2. The van der Waals surface area contributed by atoms with Gasteiger partial charge in [-0.2, -0.15) is 0 Å². The average Bonchev–Trinajstić information content (AvgIpc) is 3.11. The van der Waals surface area contributed by atoms with Crippen molar-refractivity contribution in [3.8, 4) is 11.1 Å². The average molecular weight is 614 g/mol. The normalized spacial score (nSPS) is 15.6. The molecule has 1 aliphatic rings. The lowest BCUT2D eigenvalue weighted by Crippen LogP contribution is -2.29. The molecule has 2 unspecified atom stereocenters. The van der Waals surface area contributed by atoms with Crippen LogP contribution in [0.3, 0.4) is 0 Å². The zero-order valence-corrected chi connectivity index (χ0v) is 27.5. The minimum Gasteiger partial charge on any atom is -0.354 e. The van der Waals surface area contributed by atoms with Gasteiger partial charge in [0.25, 0.3) is 0 Å². The van der Waals surface area contributed by atoms with E-state index in [1.807, 2.05) is 19.1 Å². The van der Waals surface area contributed by atoms with Gasteiger partial charge in [0.15, 0.2) is 0 Å². The van der Waals surface area contributed by atoms with E-state index in [4.69, 9.17) is 4.99 Å². The van der Waals surface area contributed by atoms with Crippen LogP contribution in [0.2, 0.25) is 0 Å². The topological polar surface area (TPSA) is 27.6 Å². The molecule has 0 spiro atoms. The summed E-state index contributed by atoms with van der Waals surface area (Å²) in [4.78, 5) is 7.59. The molecule has 47 heavy (non-hydrogen) atoms. The molecule has 0 radical (unpaired) electrons. The highest BCUT2D eigenvalue weighted by Gasteiger charge is 2.32. The fraction of sp³-hybridized carbons (Fsp3) is 0.159. The Kier molecular flexibility index (Phi) is 9.64. The Morgan fingerprint density at radius 3 is 2.30 bits per heavy atom. The van der Waals surface area contributed by atoms with E-state index < -0.39 is 0 Å². The fourth-order valence-electron chi connectivity index (χ4n) is 6.73. The highest BCUT2D eigenvalue weighted by Crippen LogP contribution is 2.41. The predicted molar refractivity (Wildman–Crippen MR) is 204 cm³/mol. The van der Waals surface area contributed by atoms with Crippen LogP contribution >= 0.6 is 0 Å². The maximum atomic E-state index is 5.38. The first-order valence-electron chi connectivity index (χ1n) is 16.4. The Hall–Kier alpha value is -5.41. The van der Waals surface area contributed by atoms with Gasteiger partial charge in [0.1, 0.15) is 0 Å². The maximum absolute atomic E-state index is 5.38. The smallest absolute Gasteiger partial charge is 0.0653 e. The minimum atomic E-state index is 0.0238. The van der Waals surface area contributed by atoms with Gasteiger partial charge in [-0.25, -0.2) is 0 Å². The molecule has 2 atom stereocenters. The van der Waals surface area contributed by atoms with E-state index in [9.17, 15) is 0 Å². The molecule has 6 rings (SSSR count). The van der Waals surface area contributed by atoms with E-state index in [1.165, 1.54) is 33.0 Å². The van der Waals surface area contributed by atoms with Gasteiger partial charge in [-0.1, -0.05) is 128 Å². The van der Waals surface area contributed by atoms with Crippen LogP contribution in [-0.4, -0.2) is 18.8 Å². The van der Waals surface area contributed by atoms with Crippen LogP contribution in [0.4, 0.5) is 17.1 Å². The molecule has 0 fully saturated rings. The van der Waals surface area contributed by atoms with Crippen LogP contribution in [0, 0.1) is 0 Å². The van der Waals surface area contributed by atoms with Crippen LogP contribution in [0.15, 0.2) is 169 Å². The third-order valence-electron chi connectivity index (χ3n) is 9.21. The zero-order valence-electron chi connectivity index (χ0n) is 27.5. The van der Waals surface area contributed by atoms with Crippen LogP contribution in [0.1, 0.15) is 43.2 Å². The monoisotopic (exact) mass is 613 g/mol. The van der Waals surface area contributed by atoms with Crippen molar-refractivity contribution in [1.82, 2.24) is 0 Å². The molecular weight excluding hydrogens is 571 g/mol. The van der Waals surface area contributed by atoms with E-state index in [-0.39, 0.29) is 12.0 Å². The molecular formula is C44H43N3. The van der Waals surface area contributed by atoms with Crippen LogP contribution < -0.4 is 10.2 Å². The molecule has 1 N–H and O–H groups in total. The van der Waals surface area contributed by atoms with Gasteiger partial charge in [-0.3, -0.25) is 4.99 Å². The van der Waals surface area contributed by atoms with Crippen LogP contribution in [0.5, 0.6) is 0 Å². The molecule has 234 valence electrons. The van der Waals surface area contributed by atoms with Crippen LogP contribution in [0.25, 0.3) is 21.9 Å². The number of hydrogen-bond acceptors (Lipinski definition) is 3. The standard InChI is InChI=1S/C44H43N3/c1-6-15-31(3)22-28-38-39-29-25-35-18-11-12-19-37(35)44(39)40(7-2)46-42(38)30-32(4)47(5)43-21-14-13-20-41(43)45-36-26-23-34(24-27-36)33-16-9-8-10-17-33/h6-21,23-27,29,38,42,45H,2-4,22,28,30H2,1,5H3/b15-6-. The second-order valence-corrected chi connectivity index (χ2v) is 12.3. The molecule has 1 aliphatic heterocycles. The molecule has 0 amide bonds.